The van der Waals surface area contributed by atoms with Crippen LogP contribution in [0.1, 0.15) is 60.3 Å². The molecule has 0 saturated heterocycles. The zero-order valence-corrected chi connectivity index (χ0v) is 12.6. The maximum absolute atomic E-state index is 2.41. The largest absolute Gasteiger partial charge is 0.0561 e. The van der Waals surface area contributed by atoms with E-state index in [2.05, 4.69) is 32.9 Å². The minimum Gasteiger partial charge on any atom is -0.0561 e. The maximum atomic E-state index is 2.41. The van der Waals surface area contributed by atoms with Gasteiger partial charge in [0.1, 0.15) is 0 Å². The van der Waals surface area contributed by atoms with Crippen molar-refractivity contribution in [2.45, 2.75) is 58.8 Å². The van der Waals surface area contributed by atoms with Gasteiger partial charge in [-0.2, -0.15) is 0 Å². The first-order valence-corrected chi connectivity index (χ1v) is 8.19. The van der Waals surface area contributed by atoms with Crippen molar-refractivity contribution in [3.8, 4) is 0 Å². The van der Waals surface area contributed by atoms with Crippen LogP contribution in [0.3, 0.4) is 0 Å². The second-order valence-corrected chi connectivity index (χ2v) is 7.77. The Morgan fingerprint density at radius 1 is 0.737 bits per heavy atom. The van der Waals surface area contributed by atoms with Crippen LogP contribution in [0, 0.1) is 44.4 Å². The lowest BCUT2D eigenvalue weighted by atomic mass is 9.50. The van der Waals surface area contributed by atoms with Gasteiger partial charge in [0.15, 0.2) is 0 Å². The molecule has 4 bridgehead atoms. The molecule has 0 nitrogen and oxygen atoms in total. The molecule has 0 atom stereocenters. The molecule has 0 heterocycles. The summed E-state index contributed by atoms with van der Waals surface area (Å²) in [7, 11) is 0. The lowest BCUT2D eigenvalue weighted by Crippen LogP contribution is -2.44. The van der Waals surface area contributed by atoms with Gasteiger partial charge >= 0.3 is 0 Å². The SMILES string of the molecule is Cc1cc(C)c(C2C3CC4CC(C3)CC2C4)c(C)c1. The van der Waals surface area contributed by atoms with Crippen LogP contribution in [0.25, 0.3) is 0 Å². The highest BCUT2D eigenvalue weighted by Crippen LogP contribution is 2.60. The summed E-state index contributed by atoms with van der Waals surface area (Å²) in [4.78, 5) is 0. The predicted octanol–water partition coefficient (Wildman–Crippen LogP) is 5.15. The monoisotopic (exact) mass is 254 g/mol. The molecular formula is C19H26. The Bertz CT molecular complexity index is 460. The first-order valence-electron chi connectivity index (χ1n) is 8.19. The van der Waals surface area contributed by atoms with Crippen LogP contribution in [-0.2, 0) is 0 Å². The summed E-state index contributed by atoms with van der Waals surface area (Å²) < 4.78 is 0. The summed E-state index contributed by atoms with van der Waals surface area (Å²) in [6.07, 6.45) is 7.69. The Kier molecular flexibility index (Phi) is 2.59. The summed E-state index contributed by atoms with van der Waals surface area (Å²) in [5.74, 6) is 5.09. The predicted molar refractivity (Wildman–Crippen MR) is 80.4 cm³/mol. The Balaban J connectivity index is 1.77. The molecule has 4 aliphatic carbocycles. The molecule has 1 aromatic rings. The topological polar surface area (TPSA) is 0 Å². The average Bonchev–Trinajstić information content (AvgIpc) is 2.30. The fraction of sp³-hybridized carbons (Fsp3) is 0.684. The van der Waals surface area contributed by atoms with Crippen LogP contribution >= 0.6 is 0 Å². The van der Waals surface area contributed by atoms with Crippen molar-refractivity contribution in [3.05, 3.63) is 34.4 Å². The van der Waals surface area contributed by atoms with Gasteiger partial charge in [0.05, 0.1) is 0 Å². The van der Waals surface area contributed by atoms with Crippen molar-refractivity contribution in [3.63, 3.8) is 0 Å². The molecule has 1 aromatic carbocycles. The van der Waals surface area contributed by atoms with Crippen molar-refractivity contribution < 1.29 is 0 Å². The molecule has 4 saturated carbocycles. The van der Waals surface area contributed by atoms with Gasteiger partial charge < -0.3 is 0 Å². The van der Waals surface area contributed by atoms with Gasteiger partial charge in [-0.3, -0.25) is 0 Å². The Labute approximate surface area is 117 Å². The molecule has 4 fully saturated rings. The highest BCUT2D eigenvalue weighted by Gasteiger charge is 2.49. The Hall–Kier alpha value is -0.780. The molecule has 0 aliphatic heterocycles. The second kappa shape index (κ2) is 4.11. The number of hydrogen-bond donors (Lipinski definition) is 0. The van der Waals surface area contributed by atoms with Gasteiger partial charge in [-0.25, -0.2) is 0 Å². The van der Waals surface area contributed by atoms with Gasteiger partial charge in [-0.05, 0) is 99.2 Å². The van der Waals surface area contributed by atoms with Crippen molar-refractivity contribution >= 4 is 0 Å². The molecule has 102 valence electrons. The van der Waals surface area contributed by atoms with Crippen LogP contribution in [0.15, 0.2) is 12.1 Å². The van der Waals surface area contributed by atoms with E-state index < -0.39 is 0 Å². The van der Waals surface area contributed by atoms with Crippen LogP contribution in [0.4, 0.5) is 0 Å². The van der Waals surface area contributed by atoms with Crippen molar-refractivity contribution in [1.82, 2.24) is 0 Å². The minimum absolute atomic E-state index is 0.897. The van der Waals surface area contributed by atoms with Gasteiger partial charge in [0.2, 0.25) is 0 Å². The number of hydrogen-bond acceptors (Lipinski definition) is 0. The molecule has 19 heavy (non-hydrogen) atoms. The first-order chi connectivity index (χ1) is 9.11. The maximum Gasteiger partial charge on any atom is -0.00996 e. The Morgan fingerprint density at radius 2 is 1.21 bits per heavy atom. The number of rotatable bonds is 1. The fourth-order valence-electron chi connectivity index (χ4n) is 6.11. The van der Waals surface area contributed by atoms with E-state index in [1.54, 1.807) is 23.1 Å². The number of aryl methyl sites for hydroxylation is 3. The van der Waals surface area contributed by atoms with Crippen LogP contribution < -0.4 is 0 Å². The van der Waals surface area contributed by atoms with E-state index >= 15 is 0 Å². The van der Waals surface area contributed by atoms with E-state index in [0.29, 0.717) is 0 Å². The van der Waals surface area contributed by atoms with E-state index in [4.69, 9.17) is 0 Å². The highest BCUT2D eigenvalue weighted by atomic mass is 14.5. The molecule has 4 aliphatic rings. The summed E-state index contributed by atoms with van der Waals surface area (Å²) in [6, 6.07) is 4.82. The third-order valence-electron chi connectivity index (χ3n) is 6.30. The molecular weight excluding hydrogens is 228 g/mol. The zero-order valence-electron chi connectivity index (χ0n) is 12.6. The average molecular weight is 254 g/mol. The van der Waals surface area contributed by atoms with Gasteiger partial charge in [-0.15, -0.1) is 0 Å². The molecule has 0 amide bonds. The second-order valence-electron chi connectivity index (χ2n) is 7.77. The molecule has 0 spiro atoms. The molecule has 0 unspecified atom stereocenters. The number of benzene rings is 1. The van der Waals surface area contributed by atoms with Crippen LogP contribution in [-0.4, -0.2) is 0 Å². The minimum atomic E-state index is 0.897. The standard InChI is InChI=1S/C19H26/c1-11-4-12(2)18(13(3)5-11)19-16-7-14-6-15(9-16)10-17(19)8-14/h4-5,14-17,19H,6-10H2,1-3H3. The van der Waals surface area contributed by atoms with Crippen molar-refractivity contribution in [2.24, 2.45) is 23.7 Å². The first kappa shape index (κ1) is 12.0. The zero-order chi connectivity index (χ0) is 13.1. The summed E-state index contributed by atoms with van der Waals surface area (Å²) >= 11 is 0. The summed E-state index contributed by atoms with van der Waals surface area (Å²) in [5, 5.41) is 0. The lowest BCUT2D eigenvalue weighted by Gasteiger charge is -2.55. The molecule has 0 N–H and O–H groups in total. The van der Waals surface area contributed by atoms with Gasteiger partial charge in [0.25, 0.3) is 0 Å². The Morgan fingerprint density at radius 3 is 1.68 bits per heavy atom. The van der Waals surface area contributed by atoms with Crippen molar-refractivity contribution in [1.29, 1.82) is 0 Å². The molecule has 0 aromatic heterocycles. The van der Waals surface area contributed by atoms with Gasteiger partial charge in [-0.1, -0.05) is 17.7 Å². The quantitative estimate of drug-likeness (QED) is 0.650. The lowest BCUT2D eigenvalue weighted by molar-refractivity contribution is -0.00318. The molecule has 0 heteroatoms. The van der Waals surface area contributed by atoms with E-state index in [1.165, 1.54) is 31.2 Å². The van der Waals surface area contributed by atoms with Crippen LogP contribution in [0.2, 0.25) is 0 Å². The van der Waals surface area contributed by atoms with E-state index in [9.17, 15) is 0 Å². The molecule has 5 rings (SSSR count). The van der Waals surface area contributed by atoms with Crippen molar-refractivity contribution in [2.75, 3.05) is 0 Å². The van der Waals surface area contributed by atoms with E-state index in [1.807, 2.05) is 0 Å². The smallest absolute Gasteiger partial charge is 0.00996 e. The highest BCUT2D eigenvalue weighted by molar-refractivity contribution is 5.41. The van der Waals surface area contributed by atoms with Gasteiger partial charge in [0, 0.05) is 0 Å². The molecule has 0 radical (unpaired) electrons. The summed E-state index contributed by atoms with van der Waals surface area (Å²) in [5.41, 5.74) is 6.30. The van der Waals surface area contributed by atoms with E-state index in [-0.39, 0.29) is 0 Å². The fourth-order valence-corrected chi connectivity index (χ4v) is 6.11. The third kappa shape index (κ3) is 1.79. The normalized spacial score (nSPS) is 39.8. The van der Waals surface area contributed by atoms with Crippen LogP contribution in [0.5, 0.6) is 0 Å². The van der Waals surface area contributed by atoms with E-state index in [0.717, 1.165) is 29.6 Å². The summed E-state index contributed by atoms with van der Waals surface area (Å²) in [6.45, 7) is 6.93. The third-order valence-corrected chi connectivity index (χ3v) is 6.30.